The molecule has 0 N–H and O–H groups in total. The van der Waals surface area contributed by atoms with E-state index >= 15 is 0 Å². The van der Waals surface area contributed by atoms with Gasteiger partial charge in [0, 0.05) is 10.4 Å². The maximum Gasteiger partial charge on any atom is 0.109 e. The highest BCUT2D eigenvalue weighted by molar-refractivity contribution is 14.1. The summed E-state index contributed by atoms with van der Waals surface area (Å²) in [7, 11) is 5.57. The Balaban J connectivity index is 2.38. The lowest BCUT2D eigenvalue weighted by atomic mass is 9.92. The van der Waals surface area contributed by atoms with E-state index in [1.54, 1.807) is 0 Å². The Labute approximate surface area is 71.1 Å². The van der Waals surface area contributed by atoms with E-state index in [9.17, 15) is 0 Å². The molecule has 0 bridgehead atoms. The van der Waals surface area contributed by atoms with Crippen molar-refractivity contribution in [3.63, 3.8) is 0 Å². The summed E-state index contributed by atoms with van der Waals surface area (Å²) in [4.78, 5) is 0. The van der Waals surface area contributed by atoms with Gasteiger partial charge >= 0.3 is 0 Å². The number of alkyl halides is 1. The number of hydrogen-bond acceptors (Lipinski definition) is 1. The van der Waals surface area contributed by atoms with Gasteiger partial charge in [0.2, 0.25) is 0 Å². The topological polar surface area (TPSA) is 9.23 Å². The molecule has 0 amide bonds. The summed E-state index contributed by atoms with van der Waals surface area (Å²) < 4.78 is 6.46. The van der Waals surface area contributed by atoms with Gasteiger partial charge in [-0.15, -0.1) is 0 Å². The van der Waals surface area contributed by atoms with Gasteiger partial charge in [-0.05, 0) is 12.3 Å². The van der Waals surface area contributed by atoms with E-state index in [4.69, 9.17) is 12.6 Å². The van der Waals surface area contributed by atoms with Gasteiger partial charge in [-0.3, -0.25) is 0 Å². The highest BCUT2D eigenvalue weighted by Gasteiger charge is 2.27. The summed E-state index contributed by atoms with van der Waals surface area (Å²) in [6, 6.07) is -0.000217. The Morgan fingerprint density at radius 2 is 2.44 bits per heavy atom. The van der Waals surface area contributed by atoms with Crippen LogP contribution in [-0.4, -0.2) is 24.4 Å². The standard InChI is InChI=1S/C6H10BIO/c1-4-2-6(7)9-5(4)3-8/h4-6H,2-3H2,1H3/t4-,5+,6+/m1/s1. The van der Waals surface area contributed by atoms with Crippen molar-refractivity contribution in [2.24, 2.45) is 5.92 Å². The molecule has 3 heteroatoms. The number of hydrogen-bond donors (Lipinski definition) is 0. The van der Waals surface area contributed by atoms with Crippen LogP contribution in [0.4, 0.5) is 0 Å². The Morgan fingerprint density at radius 3 is 2.67 bits per heavy atom. The molecule has 0 spiro atoms. The Morgan fingerprint density at radius 1 is 1.78 bits per heavy atom. The predicted molar refractivity (Wildman–Crippen MR) is 47.1 cm³/mol. The molecule has 9 heavy (non-hydrogen) atoms. The van der Waals surface area contributed by atoms with Crippen LogP contribution in [0.25, 0.3) is 0 Å². The average molecular weight is 236 g/mol. The average Bonchev–Trinajstić information content (AvgIpc) is 2.10. The van der Waals surface area contributed by atoms with E-state index in [1.165, 1.54) is 0 Å². The van der Waals surface area contributed by atoms with Crippen molar-refractivity contribution in [1.29, 1.82) is 0 Å². The summed E-state index contributed by atoms with van der Waals surface area (Å²) in [5.74, 6) is 0.650. The Kier molecular flexibility index (Phi) is 2.83. The van der Waals surface area contributed by atoms with Gasteiger partial charge in [-0.2, -0.15) is 0 Å². The summed E-state index contributed by atoms with van der Waals surface area (Å²) in [5.41, 5.74) is 0. The molecule has 1 nitrogen and oxygen atoms in total. The van der Waals surface area contributed by atoms with Crippen LogP contribution in [0.15, 0.2) is 0 Å². The first kappa shape index (κ1) is 7.86. The second-order valence-electron chi connectivity index (χ2n) is 2.58. The van der Waals surface area contributed by atoms with Crippen LogP contribution >= 0.6 is 22.6 Å². The molecule has 1 saturated heterocycles. The molecule has 1 fully saturated rings. The van der Waals surface area contributed by atoms with Crippen molar-refractivity contribution < 1.29 is 4.74 Å². The first-order valence-electron chi connectivity index (χ1n) is 3.21. The Bertz CT molecular complexity index is 99.1. The fourth-order valence-electron chi connectivity index (χ4n) is 1.12. The molecule has 3 atom stereocenters. The maximum absolute atomic E-state index is 5.57. The number of ether oxygens (including phenoxy) is 1. The van der Waals surface area contributed by atoms with Crippen LogP contribution in [0, 0.1) is 5.92 Å². The molecule has 0 aromatic rings. The fourth-order valence-corrected chi connectivity index (χ4v) is 2.20. The lowest BCUT2D eigenvalue weighted by Gasteiger charge is -2.09. The van der Waals surface area contributed by atoms with Crippen molar-refractivity contribution >= 4 is 30.4 Å². The van der Waals surface area contributed by atoms with Crippen LogP contribution in [0.1, 0.15) is 13.3 Å². The minimum absolute atomic E-state index is 0.000217. The normalized spacial score (nSPS) is 43.6. The summed E-state index contributed by atoms with van der Waals surface area (Å²) in [5, 5.41) is 0. The second kappa shape index (κ2) is 3.24. The highest BCUT2D eigenvalue weighted by atomic mass is 127. The lowest BCUT2D eigenvalue weighted by molar-refractivity contribution is 0.0937. The number of halogens is 1. The second-order valence-corrected chi connectivity index (χ2v) is 3.46. The van der Waals surface area contributed by atoms with Crippen molar-refractivity contribution in [1.82, 2.24) is 0 Å². The van der Waals surface area contributed by atoms with E-state index in [-0.39, 0.29) is 6.00 Å². The third kappa shape index (κ3) is 1.83. The zero-order valence-electron chi connectivity index (χ0n) is 5.51. The number of rotatable bonds is 1. The zero-order chi connectivity index (χ0) is 6.85. The lowest BCUT2D eigenvalue weighted by Crippen LogP contribution is -2.15. The molecule has 2 radical (unpaired) electrons. The molecule has 0 aliphatic carbocycles. The van der Waals surface area contributed by atoms with Gasteiger partial charge in [-0.1, -0.05) is 29.5 Å². The maximum atomic E-state index is 5.57. The third-order valence-electron chi connectivity index (χ3n) is 1.74. The molecular formula is C6H10BIO. The van der Waals surface area contributed by atoms with E-state index in [2.05, 4.69) is 29.5 Å². The first-order valence-corrected chi connectivity index (χ1v) is 4.73. The SMILES string of the molecule is [B][C@@H]1C[C@@H](C)[C@H](CI)O1. The van der Waals surface area contributed by atoms with Crippen LogP contribution in [0.5, 0.6) is 0 Å². The van der Waals surface area contributed by atoms with Crippen LogP contribution < -0.4 is 0 Å². The van der Waals surface area contributed by atoms with Crippen molar-refractivity contribution in [2.45, 2.75) is 25.5 Å². The molecule has 0 saturated carbocycles. The summed E-state index contributed by atoms with van der Waals surface area (Å²) in [6.07, 6.45) is 1.42. The van der Waals surface area contributed by atoms with Gasteiger partial charge in [-0.25, -0.2) is 0 Å². The van der Waals surface area contributed by atoms with Gasteiger partial charge in [0.15, 0.2) is 0 Å². The van der Waals surface area contributed by atoms with E-state index in [1.807, 2.05) is 0 Å². The quantitative estimate of drug-likeness (QED) is 0.379. The van der Waals surface area contributed by atoms with Gasteiger partial charge in [0.1, 0.15) is 7.85 Å². The van der Waals surface area contributed by atoms with Crippen molar-refractivity contribution in [3.05, 3.63) is 0 Å². The van der Waals surface area contributed by atoms with E-state index in [0.717, 1.165) is 10.8 Å². The molecule has 1 heterocycles. The molecule has 1 aliphatic heterocycles. The molecule has 1 rings (SSSR count). The third-order valence-corrected chi connectivity index (χ3v) is 2.61. The molecule has 1 aliphatic rings. The van der Waals surface area contributed by atoms with Crippen LogP contribution in [0.2, 0.25) is 0 Å². The molecule has 50 valence electrons. The fraction of sp³-hybridized carbons (Fsp3) is 1.00. The molecule has 0 aromatic heterocycles. The first-order chi connectivity index (χ1) is 4.24. The Hall–Kier alpha value is 0.755. The highest BCUT2D eigenvalue weighted by Crippen LogP contribution is 2.25. The smallest absolute Gasteiger partial charge is 0.109 e. The zero-order valence-corrected chi connectivity index (χ0v) is 7.67. The van der Waals surface area contributed by atoms with Gasteiger partial charge < -0.3 is 4.74 Å². The molecular weight excluding hydrogens is 226 g/mol. The van der Waals surface area contributed by atoms with Gasteiger partial charge in [0.05, 0.1) is 6.10 Å². The largest absolute Gasteiger partial charge is 0.384 e. The van der Waals surface area contributed by atoms with Crippen molar-refractivity contribution in [2.75, 3.05) is 4.43 Å². The summed E-state index contributed by atoms with van der Waals surface area (Å²) in [6.45, 7) is 2.19. The van der Waals surface area contributed by atoms with Crippen LogP contribution in [-0.2, 0) is 4.74 Å². The molecule has 0 aromatic carbocycles. The van der Waals surface area contributed by atoms with E-state index in [0.29, 0.717) is 12.0 Å². The van der Waals surface area contributed by atoms with E-state index < -0.39 is 0 Å². The van der Waals surface area contributed by atoms with Crippen LogP contribution in [0.3, 0.4) is 0 Å². The van der Waals surface area contributed by atoms with Gasteiger partial charge in [0.25, 0.3) is 0 Å². The summed E-state index contributed by atoms with van der Waals surface area (Å²) >= 11 is 2.33. The minimum atomic E-state index is -0.000217. The van der Waals surface area contributed by atoms with Crippen molar-refractivity contribution in [3.8, 4) is 0 Å². The molecule has 0 unspecified atom stereocenters. The predicted octanol–water partition coefficient (Wildman–Crippen LogP) is 1.34. The minimum Gasteiger partial charge on any atom is -0.384 e. The monoisotopic (exact) mass is 236 g/mol.